The maximum atomic E-state index is 12.7. The first-order valence-electron chi connectivity index (χ1n) is 7.80. The van der Waals surface area contributed by atoms with Gasteiger partial charge in [-0.3, -0.25) is 9.59 Å². The number of ether oxygens (including phenoxy) is 1. The monoisotopic (exact) mass is 294 g/mol. The lowest BCUT2D eigenvalue weighted by Crippen LogP contribution is -2.54. The number of carbonyl (C=O) groups is 2. The van der Waals surface area contributed by atoms with Gasteiger partial charge in [0, 0.05) is 11.8 Å². The SMILES string of the molecule is C[C@]12CCCC3=CC(=O)C=C[C@@]31Oc1ccccc1C(=O)C2. The van der Waals surface area contributed by atoms with Gasteiger partial charge in [-0.25, -0.2) is 0 Å². The Morgan fingerprint density at radius 3 is 2.86 bits per heavy atom. The first kappa shape index (κ1) is 13.5. The number of ketones is 2. The van der Waals surface area contributed by atoms with Crippen molar-refractivity contribution in [3.05, 3.63) is 53.6 Å². The van der Waals surface area contributed by atoms with Gasteiger partial charge in [0.15, 0.2) is 17.2 Å². The van der Waals surface area contributed by atoms with Crippen molar-refractivity contribution in [1.82, 2.24) is 0 Å². The highest BCUT2D eigenvalue weighted by Gasteiger charge is 2.56. The Morgan fingerprint density at radius 1 is 1.18 bits per heavy atom. The van der Waals surface area contributed by atoms with E-state index < -0.39 is 5.60 Å². The zero-order valence-corrected chi connectivity index (χ0v) is 12.6. The molecule has 2 aliphatic carbocycles. The van der Waals surface area contributed by atoms with Crippen molar-refractivity contribution in [3.63, 3.8) is 0 Å². The number of rotatable bonds is 0. The Balaban J connectivity index is 1.95. The Kier molecular flexibility index (Phi) is 2.71. The van der Waals surface area contributed by atoms with Crippen LogP contribution in [0, 0.1) is 5.41 Å². The van der Waals surface area contributed by atoms with Gasteiger partial charge in [-0.2, -0.15) is 0 Å². The average molecular weight is 294 g/mol. The van der Waals surface area contributed by atoms with Gasteiger partial charge < -0.3 is 4.74 Å². The van der Waals surface area contributed by atoms with E-state index >= 15 is 0 Å². The Bertz CT molecular complexity index is 743. The molecule has 0 N–H and O–H groups in total. The van der Waals surface area contributed by atoms with Gasteiger partial charge in [0.25, 0.3) is 0 Å². The minimum atomic E-state index is -0.665. The summed E-state index contributed by atoms with van der Waals surface area (Å²) in [6, 6.07) is 7.43. The third-order valence-electron chi connectivity index (χ3n) is 5.36. The van der Waals surface area contributed by atoms with Crippen LogP contribution >= 0.6 is 0 Å². The molecule has 1 saturated carbocycles. The quantitative estimate of drug-likeness (QED) is 0.733. The van der Waals surface area contributed by atoms with Crippen molar-refractivity contribution in [2.45, 2.75) is 38.2 Å². The summed E-state index contributed by atoms with van der Waals surface area (Å²) >= 11 is 0. The molecule has 1 fully saturated rings. The number of para-hydroxylation sites is 1. The van der Waals surface area contributed by atoms with E-state index in [9.17, 15) is 9.59 Å². The van der Waals surface area contributed by atoms with Crippen molar-refractivity contribution in [2.24, 2.45) is 5.41 Å². The summed E-state index contributed by atoms with van der Waals surface area (Å²) in [5.41, 5.74) is 0.682. The molecule has 2 atom stereocenters. The van der Waals surface area contributed by atoms with Crippen LogP contribution < -0.4 is 4.74 Å². The molecule has 1 aromatic carbocycles. The van der Waals surface area contributed by atoms with Gasteiger partial charge in [0.2, 0.25) is 0 Å². The molecule has 1 aliphatic heterocycles. The largest absolute Gasteiger partial charge is 0.477 e. The minimum Gasteiger partial charge on any atom is -0.477 e. The second-order valence-corrected chi connectivity index (χ2v) is 6.75. The number of hydrogen-bond donors (Lipinski definition) is 0. The molecule has 1 heterocycles. The molecule has 3 heteroatoms. The molecule has 3 nitrogen and oxygen atoms in total. The Morgan fingerprint density at radius 2 is 2.00 bits per heavy atom. The predicted octanol–water partition coefficient (Wildman–Crippen LogP) is 3.65. The molecule has 0 bridgehead atoms. The van der Waals surface area contributed by atoms with E-state index in [1.807, 2.05) is 30.3 Å². The number of allylic oxidation sites excluding steroid dienone is 2. The van der Waals surface area contributed by atoms with Crippen LogP contribution in [0.25, 0.3) is 0 Å². The summed E-state index contributed by atoms with van der Waals surface area (Å²) in [5.74, 6) is 0.766. The van der Waals surface area contributed by atoms with Crippen LogP contribution in [0.3, 0.4) is 0 Å². The second-order valence-electron chi connectivity index (χ2n) is 6.75. The first-order chi connectivity index (χ1) is 10.5. The maximum Gasteiger partial charge on any atom is 0.178 e. The number of Topliss-reactive ketones (excluding diaryl/α,β-unsaturated/α-hetero) is 1. The van der Waals surface area contributed by atoms with E-state index in [0.29, 0.717) is 17.7 Å². The van der Waals surface area contributed by atoms with Crippen LogP contribution in [0.4, 0.5) is 0 Å². The molecule has 0 unspecified atom stereocenters. The van der Waals surface area contributed by atoms with Crippen molar-refractivity contribution >= 4 is 11.6 Å². The van der Waals surface area contributed by atoms with Crippen molar-refractivity contribution in [3.8, 4) is 5.75 Å². The highest BCUT2D eigenvalue weighted by atomic mass is 16.5. The Labute approximate surface area is 129 Å². The summed E-state index contributed by atoms with van der Waals surface area (Å²) in [4.78, 5) is 24.5. The molecule has 4 rings (SSSR count). The number of hydrogen-bond acceptors (Lipinski definition) is 3. The molecule has 1 spiro atoms. The number of carbonyl (C=O) groups excluding carboxylic acids is 2. The smallest absolute Gasteiger partial charge is 0.178 e. The van der Waals surface area contributed by atoms with Crippen LogP contribution in [-0.2, 0) is 4.79 Å². The maximum absolute atomic E-state index is 12.7. The Hall–Kier alpha value is -2.16. The molecule has 0 saturated heterocycles. The van der Waals surface area contributed by atoms with E-state index in [4.69, 9.17) is 4.74 Å². The molecule has 22 heavy (non-hydrogen) atoms. The molecule has 0 radical (unpaired) electrons. The highest BCUT2D eigenvalue weighted by Crippen LogP contribution is 2.55. The van der Waals surface area contributed by atoms with E-state index in [0.717, 1.165) is 24.8 Å². The third-order valence-corrected chi connectivity index (χ3v) is 5.36. The van der Waals surface area contributed by atoms with Crippen LogP contribution in [0.5, 0.6) is 5.75 Å². The van der Waals surface area contributed by atoms with Gasteiger partial charge >= 0.3 is 0 Å². The average Bonchev–Trinajstić information content (AvgIpc) is 2.58. The fourth-order valence-electron chi connectivity index (χ4n) is 4.19. The molecule has 1 aromatic rings. The highest BCUT2D eigenvalue weighted by molar-refractivity contribution is 6.03. The second kappa shape index (κ2) is 4.42. The first-order valence-corrected chi connectivity index (χ1v) is 7.80. The normalized spacial score (nSPS) is 33.0. The zero-order valence-electron chi connectivity index (χ0n) is 12.6. The molecule has 3 aliphatic rings. The molecular formula is C19H18O3. The van der Waals surface area contributed by atoms with Crippen LogP contribution in [0.1, 0.15) is 43.0 Å². The van der Waals surface area contributed by atoms with Gasteiger partial charge in [-0.15, -0.1) is 0 Å². The summed E-state index contributed by atoms with van der Waals surface area (Å²) < 4.78 is 6.45. The molecule has 0 aromatic heterocycles. The fraction of sp³-hybridized carbons (Fsp3) is 0.368. The van der Waals surface area contributed by atoms with Gasteiger partial charge in [-0.1, -0.05) is 19.1 Å². The summed E-state index contributed by atoms with van der Waals surface area (Å²) in [7, 11) is 0. The third kappa shape index (κ3) is 1.68. The van der Waals surface area contributed by atoms with Gasteiger partial charge in [-0.05, 0) is 55.2 Å². The van der Waals surface area contributed by atoms with E-state index in [-0.39, 0.29) is 17.0 Å². The topological polar surface area (TPSA) is 43.4 Å². The van der Waals surface area contributed by atoms with Crippen LogP contribution in [-0.4, -0.2) is 17.2 Å². The molecule has 0 amide bonds. The lowest BCUT2D eigenvalue weighted by Gasteiger charge is -2.51. The lowest BCUT2D eigenvalue weighted by molar-refractivity contribution is -0.111. The molecule has 112 valence electrons. The van der Waals surface area contributed by atoms with Crippen LogP contribution in [0.15, 0.2) is 48.1 Å². The fourth-order valence-corrected chi connectivity index (χ4v) is 4.19. The van der Waals surface area contributed by atoms with Gasteiger partial charge in [0.05, 0.1) is 5.56 Å². The van der Waals surface area contributed by atoms with Crippen molar-refractivity contribution < 1.29 is 14.3 Å². The van der Waals surface area contributed by atoms with E-state index in [2.05, 4.69) is 6.92 Å². The predicted molar refractivity (Wildman–Crippen MR) is 82.9 cm³/mol. The zero-order chi connectivity index (χ0) is 15.4. The number of benzene rings is 1. The van der Waals surface area contributed by atoms with Gasteiger partial charge in [0.1, 0.15) is 5.75 Å². The summed E-state index contributed by atoms with van der Waals surface area (Å²) in [5, 5.41) is 0. The lowest BCUT2D eigenvalue weighted by atomic mass is 9.58. The van der Waals surface area contributed by atoms with E-state index in [1.54, 1.807) is 12.2 Å². The minimum absolute atomic E-state index is 0.0114. The molecular weight excluding hydrogens is 276 g/mol. The van der Waals surface area contributed by atoms with E-state index in [1.165, 1.54) is 0 Å². The summed E-state index contributed by atoms with van der Waals surface area (Å²) in [6.07, 6.45) is 8.38. The van der Waals surface area contributed by atoms with Crippen molar-refractivity contribution in [1.29, 1.82) is 0 Å². The standard InChI is InChI=1S/C19H18O3/c1-18-9-4-5-13-11-14(20)8-10-19(13,18)22-17-7-3-2-6-15(17)16(21)12-18/h2-3,6-8,10-11H,4-5,9,12H2,1H3/t18-,19-/m1/s1. The number of fused-ring (bicyclic) bond motifs is 1. The van der Waals surface area contributed by atoms with Crippen molar-refractivity contribution in [2.75, 3.05) is 0 Å². The summed E-state index contributed by atoms with van der Waals surface area (Å²) in [6.45, 7) is 2.11. The van der Waals surface area contributed by atoms with Crippen LogP contribution in [0.2, 0.25) is 0 Å².